The van der Waals surface area contributed by atoms with Crippen molar-refractivity contribution in [1.29, 1.82) is 0 Å². The summed E-state index contributed by atoms with van der Waals surface area (Å²) in [7, 11) is 0. The molecule has 15 heavy (non-hydrogen) atoms. The molecular formula is C12H16N2O. The van der Waals surface area contributed by atoms with Crippen LogP contribution in [0.3, 0.4) is 0 Å². The highest BCUT2D eigenvalue weighted by Gasteiger charge is 2.13. The maximum absolute atomic E-state index is 5.89. The molecule has 0 spiro atoms. The molecule has 3 nitrogen and oxygen atoms in total. The monoisotopic (exact) mass is 204 g/mol. The molecule has 2 aromatic rings. The molecule has 1 aromatic heterocycles. The average molecular weight is 204 g/mol. The SMILES string of the molecule is Cc1c(N)cc2nc(C(C)C)oc2c1C. The summed E-state index contributed by atoms with van der Waals surface area (Å²) in [5, 5.41) is 0. The molecule has 1 heterocycles. The fraction of sp³-hybridized carbons (Fsp3) is 0.417. The molecule has 0 aliphatic heterocycles. The Morgan fingerprint density at radius 3 is 2.53 bits per heavy atom. The minimum Gasteiger partial charge on any atom is -0.440 e. The summed E-state index contributed by atoms with van der Waals surface area (Å²) in [5.74, 6) is 1.08. The van der Waals surface area contributed by atoms with Crippen LogP contribution in [-0.2, 0) is 0 Å². The molecule has 3 heteroatoms. The Morgan fingerprint density at radius 2 is 1.93 bits per heavy atom. The van der Waals surface area contributed by atoms with Gasteiger partial charge in [0.2, 0.25) is 0 Å². The number of benzene rings is 1. The third-order valence-electron chi connectivity index (χ3n) is 2.79. The van der Waals surface area contributed by atoms with Crippen LogP contribution in [-0.4, -0.2) is 4.98 Å². The Kier molecular flexibility index (Phi) is 2.18. The summed E-state index contributed by atoms with van der Waals surface area (Å²) in [6.45, 7) is 8.15. The lowest BCUT2D eigenvalue weighted by molar-refractivity contribution is 0.500. The predicted molar refractivity (Wildman–Crippen MR) is 62.0 cm³/mol. The van der Waals surface area contributed by atoms with Crippen molar-refractivity contribution in [3.8, 4) is 0 Å². The normalized spacial score (nSPS) is 11.5. The molecule has 2 rings (SSSR count). The summed E-state index contributed by atoms with van der Waals surface area (Å²) in [5.41, 5.74) is 10.6. The summed E-state index contributed by atoms with van der Waals surface area (Å²) < 4.78 is 5.73. The van der Waals surface area contributed by atoms with Gasteiger partial charge in [0.05, 0.1) is 0 Å². The van der Waals surface area contributed by atoms with Gasteiger partial charge in [-0.1, -0.05) is 13.8 Å². The fourth-order valence-corrected chi connectivity index (χ4v) is 1.60. The van der Waals surface area contributed by atoms with Crippen molar-refractivity contribution in [2.45, 2.75) is 33.6 Å². The Hall–Kier alpha value is -1.51. The molecule has 1 aromatic carbocycles. The first-order chi connectivity index (χ1) is 7.00. The van der Waals surface area contributed by atoms with Crippen LogP contribution in [0.5, 0.6) is 0 Å². The topological polar surface area (TPSA) is 52.0 Å². The summed E-state index contributed by atoms with van der Waals surface area (Å²) in [6, 6.07) is 1.88. The van der Waals surface area contributed by atoms with E-state index in [2.05, 4.69) is 18.8 Å². The number of fused-ring (bicyclic) bond motifs is 1. The summed E-state index contributed by atoms with van der Waals surface area (Å²) >= 11 is 0. The highest BCUT2D eigenvalue weighted by Crippen LogP contribution is 2.29. The van der Waals surface area contributed by atoms with E-state index in [0.717, 1.165) is 33.8 Å². The van der Waals surface area contributed by atoms with E-state index in [1.54, 1.807) is 0 Å². The van der Waals surface area contributed by atoms with Crippen molar-refractivity contribution in [3.63, 3.8) is 0 Å². The number of nitrogen functional groups attached to an aromatic ring is 1. The number of oxazole rings is 1. The van der Waals surface area contributed by atoms with Crippen LogP contribution in [0.15, 0.2) is 10.5 Å². The Bertz CT molecular complexity index is 512. The van der Waals surface area contributed by atoms with Gasteiger partial charge in [0, 0.05) is 11.6 Å². The highest BCUT2D eigenvalue weighted by molar-refractivity contribution is 5.82. The maximum Gasteiger partial charge on any atom is 0.198 e. The molecular weight excluding hydrogens is 188 g/mol. The van der Waals surface area contributed by atoms with Gasteiger partial charge < -0.3 is 10.2 Å². The van der Waals surface area contributed by atoms with E-state index in [-0.39, 0.29) is 0 Å². The first kappa shape index (κ1) is 10.0. The Balaban J connectivity index is 2.76. The largest absolute Gasteiger partial charge is 0.440 e. The molecule has 0 fully saturated rings. The molecule has 0 aliphatic carbocycles. The van der Waals surface area contributed by atoms with E-state index in [0.29, 0.717) is 5.92 Å². The summed E-state index contributed by atoms with van der Waals surface area (Å²) in [6.07, 6.45) is 0. The molecule has 0 aliphatic rings. The van der Waals surface area contributed by atoms with Gasteiger partial charge in [-0.3, -0.25) is 0 Å². The number of rotatable bonds is 1. The van der Waals surface area contributed by atoms with Gasteiger partial charge in [0.1, 0.15) is 5.52 Å². The summed E-state index contributed by atoms with van der Waals surface area (Å²) in [4.78, 5) is 4.43. The molecule has 0 unspecified atom stereocenters. The zero-order chi connectivity index (χ0) is 11.2. The standard InChI is InChI=1S/C12H16N2O/c1-6(2)12-14-10-5-9(13)7(3)8(4)11(10)15-12/h5-6H,13H2,1-4H3. The van der Waals surface area contributed by atoms with Gasteiger partial charge >= 0.3 is 0 Å². The molecule has 0 saturated heterocycles. The zero-order valence-corrected chi connectivity index (χ0v) is 9.59. The quantitative estimate of drug-likeness (QED) is 0.726. The lowest BCUT2D eigenvalue weighted by atomic mass is 10.1. The van der Waals surface area contributed by atoms with Gasteiger partial charge in [-0.15, -0.1) is 0 Å². The van der Waals surface area contributed by atoms with Crippen LogP contribution in [0.2, 0.25) is 0 Å². The number of hydrogen-bond acceptors (Lipinski definition) is 3. The van der Waals surface area contributed by atoms with E-state index in [1.807, 2.05) is 19.9 Å². The van der Waals surface area contributed by atoms with Crippen molar-refractivity contribution in [1.82, 2.24) is 4.98 Å². The minimum atomic E-state index is 0.304. The van der Waals surface area contributed by atoms with Gasteiger partial charge in [0.15, 0.2) is 11.5 Å². The van der Waals surface area contributed by atoms with E-state index in [1.165, 1.54) is 0 Å². The van der Waals surface area contributed by atoms with Crippen LogP contribution in [0, 0.1) is 13.8 Å². The molecule has 80 valence electrons. The lowest BCUT2D eigenvalue weighted by Crippen LogP contribution is -1.92. The second-order valence-corrected chi connectivity index (χ2v) is 4.27. The molecule has 0 amide bonds. The first-order valence-corrected chi connectivity index (χ1v) is 5.16. The van der Waals surface area contributed by atoms with Crippen LogP contribution >= 0.6 is 0 Å². The number of nitrogens with zero attached hydrogens (tertiary/aromatic N) is 1. The lowest BCUT2D eigenvalue weighted by Gasteiger charge is -2.03. The zero-order valence-electron chi connectivity index (χ0n) is 9.59. The van der Waals surface area contributed by atoms with Crippen molar-refractivity contribution >= 4 is 16.8 Å². The van der Waals surface area contributed by atoms with E-state index < -0.39 is 0 Å². The van der Waals surface area contributed by atoms with Crippen LogP contribution in [0.4, 0.5) is 5.69 Å². The average Bonchev–Trinajstić information content (AvgIpc) is 2.58. The van der Waals surface area contributed by atoms with Crippen molar-refractivity contribution < 1.29 is 4.42 Å². The molecule has 0 bridgehead atoms. The van der Waals surface area contributed by atoms with E-state index in [9.17, 15) is 0 Å². The van der Waals surface area contributed by atoms with Gasteiger partial charge in [-0.2, -0.15) is 0 Å². The number of nitrogens with two attached hydrogens (primary N) is 1. The second-order valence-electron chi connectivity index (χ2n) is 4.27. The Morgan fingerprint density at radius 1 is 1.27 bits per heavy atom. The second kappa shape index (κ2) is 3.26. The van der Waals surface area contributed by atoms with Gasteiger partial charge in [-0.25, -0.2) is 4.98 Å². The van der Waals surface area contributed by atoms with Crippen molar-refractivity contribution in [3.05, 3.63) is 23.1 Å². The third-order valence-corrected chi connectivity index (χ3v) is 2.79. The molecule has 2 N–H and O–H groups in total. The molecule has 0 radical (unpaired) electrons. The minimum absolute atomic E-state index is 0.304. The van der Waals surface area contributed by atoms with Crippen molar-refractivity contribution in [2.24, 2.45) is 0 Å². The Labute approximate surface area is 89.3 Å². The highest BCUT2D eigenvalue weighted by atomic mass is 16.3. The van der Waals surface area contributed by atoms with E-state index in [4.69, 9.17) is 10.2 Å². The first-order valence-electron chi connectivity index (χ1n) is 5.16. The molecule has 0 atom stereocenters. The van der Waals surface area contributed by atoms with Gasteiger partial charge in [0.25, 0.3) is 0 Å². The van der Waals surface area contributed by atoms with Crippen LogP contribution in [0.25, 0.3) is 11.1 Å². The van der Waals surface area contributed by atoms with Crippen LogP contribution < -0.4 is 5.73 Å². The van der Waals surface area contributed by atoms with Crippen LogP contribution in [0.1, 0.15) is 36.8 Å². The number of aryl methyl sites for hydroxylation is 1. The third kappa shape index (κ3) is 1.48. The maximum atomic E-state index is 5.89. The van der Waals surface area contributed by atoms with Gasteiger partial charge in [-0.05, 0) is 31.0 Å². The van der Waals surface area contributed by atoms with Crippen molar-refractivity contribution in [2.75, 3.05) is 5.73 Å². The molecule has 0 saturated carbocycles. The number of aromatic nitrogens is 1. The fourth-order valence-electron chi connectivity index (χ4n) is 1.60. The smallest absolute Gasteiger partial charge is 0.198 e. The number of hydrogen-bond donors (Lipinski definition) is 1. The van der Waals surface area contributed by atoms with E-state index >= 15 is 0 Å². The predicted octanol–water partition coefficient (Wildman–Crippen LogP) is 3.15. The number of anilines is 1.